The fraction of sp³-hybridized carbons (Fsp3) is 0.647. The van der Waals surface area contributed by atoms with Crippen molar-refractivity contribution >= 4 is 12.1 Å². The Kier molecular flexibility index (Phi) is 10.4. The first-order valence-electron chi connectivity index (χ1n) is 8.01. The highest BCUT2D eigenvalue weighted by Crippen LogP contribution is 2.21. The first-order valence-corrected chi connectivity index (χ1v) is 8.01. The van der Waals surface area contributed by atoms with E-state index >= 15 is 0 Å². The Balaban J connectivity index is 5.02. The SMILES string of the molecule is C/C=C(/C=C(/CCCC)C(C)=N)C(O)(O)CN(C)CCNC=O. The molecule has 0 aliphatic carbocycles. The third kappa shape index (κ3) is 8.64. The number of hydrogen-bond acceptors (Lipinski definition) is 5. The van der Waals surface area contributed by atoms with Gasteiger partial charge in [-0.1, -0.05) is 19.4 Å². The van der Waals surface area contributed by atoms with Crippen LogP contribution in [-0.4, -0.2) is 59.7 Å². The summed E-state index contributed by atoms with van der Waals surface area (Å²) in [5, 5.41) is 31.2. The van der Waals surface area contributed by atoms with Crippen LogP contribution in [-0.2, 0) is 4.79 Å². The fourth-order valence-corrected chi connectivity index (χ4v) is 2.21. The molecule has 0 spiro atoms. The lowest BCUT2D eigenvalue weighted by atomic mass is 9.97. The maximum atomic E-state index is 10.4. The number of nitrogens with one attached hydrogen (secondary N) is 2. The van der Waals surface area contributed by atoms with Gasteiger partial charge in [-0.05, 0) is 45.4 Å². The summed E-state index contributed by atoms with van der Waals surface area (Å²) in [5.74, 6) is -2.00. The molecule has 0 atom stereocenters. The lowest BCUT2D eigenvalue weighted by Crippen LogP contribution is -2.44. The second kappa shape index (κ2) is 11.1. The number of nitrogens with zero attached hydrogens (tertiary/aromatic N) is 1. The summed E-state index contributed by atoms with van der Waals surface area (Å²) in [6.45, 7) is 6.51. The third-order valence-electron chi connectivity index (χ3n) is 3.60. The molecule has 0 radical (unpaired) electrons. The Morgan fingerprint density at radius 1 is 1.39 bits per heavy atom. The maximum Gasteiger partial charge on any atom is 0.207 e. The van der Waals surface area contributed by atoms with Crippen LogP contribution >= 0.6 is 0 Å². The first kappa shape index (κ1) is 21.5. The number of carbonyl (C=O) groups is 1. The molecule has 6 heteroatoms. The van der Waals surface area contributed by atoms with E-state index in [1.807, 2.05) is 0 Å². The van der Waals surface area contributed by atoms with E-state index in [0.29, 0.717) is 30.8 Å². The van der Waals surface area contributed by atoms with Crippen LogP contribution in [0.4, 0.5) is 0 Å². The van der Waals surface area contributed by atoms with Gasteiger partial charge in [0.25, 0.3) is 0 Å². The van der Waals surface area contributed by atoms with E-state index in [4.69, 9.17) is 5.41 Å². The van der Waals surface area contributed by atoms with Gasteiger partial charge in [-0.3, -0.25) is 9.69 Å². The maximum absolute atomic E-state index is 10.4. The summed E-state index contributed by atoms with van der Waals surface area (Å²) in [7, 11) is 1.75. The lowest BCUT2D eigenvalue weighted by Gasteiger charge is -2.29. The van der Waals surface area contributed by atoms with Crippen molar-refractivity contribution in [2.24, 2.45) is 0 Å². The molecule has 0 heterocycles. The van der Waals surface area contributed by atoms with Gasteiger partial charge in [-0.25, -0.2) is 0 Å². The molecule has 132 valence electrons. The van der Waals surface area contributed by atoms with Gasteiger partial charge in [0.05, 0.1) is 6.54 Å². The van der Waals surface area contributed by atoms with E-state index in [1.54, 1.807) is 37.9 Å². The Hall–Kier alpha value is -1.50. The molecule has 0 saturated heterocycles. The van der Waals surface area contributed by atoms with Gasteiger partial charge in [-0.15, -0.1) is 0 Å². The van der Waals surface area contributed by atoms with E-state index < -0.39 is 5.79 Å². The highest BCUT2D eigenvalue weighted by atomic mass is 16.5. The van der Waals surface area contributed by atoms with E-state index in [0.717, 1.165) is 24.8 Å². The molecule has 6 nitrogen and oxygen atoms in total. The van der Waals surface area contributed by atoms with Crippen LogP contribution in [0, 0.1) is 5.41 Å². The van der Waals surface area contributed by atoms with Crippen LogP contribution in [0.2, 0.25) is 0 Å². The van der Waals surface area contributed by atoms with E-state index in [2.05, 4.69) is 12.2 Å². The molecular weight excluding hydrogens is 294 g/mol. The predicted octanol–water partition coefficient (Wildman–Crippen LogP) is 1.45. The van der Waals surface area contributed by atoms with Gasteiger partial charge in [0.15, 0.2) is 0 Å². The van der Waals surface area contributed by atoms with Crippen molar-refractivity contribution in [3.63, 3.8) is 0 Å². The number of unbranched alkanes of at least 4 members (excludes halogenated alkanes) is 1. The summed E-state index contributed by atoms with van der Waals surface area (Å²) in [5.41, 5.74) is 1.64. The number of carbonyl (C=O) groups excluding carboxylic acids is 1. The topological polar surface area (TPSA) is 96.7 Å². The lowest BCUT2D eigenvalue weighted by molar-refractivity contribution is -0.138. The molecule has 0 saturated carbocycles. The molecule has 0 rings (SSSR count). The van der Waals surface area contributed by atoms with Gasteiger partial charge < -0.3 is 20.9 Å². The number of likely N-dealkylation sites (N-methyl/N-ethyl adjacent to an activating group) is 1. The minimum Gasteiger partial charge on any atom is -0.361 e. The standard InChI is InChI=1S/C17H31N3O3/c1-5-7-8-15(14(3)18)11-16(6-2)17(22,23)12-20(4)10-9-19-13-21/h6,11,13,18,22-23H,5,7-10,12H2,1-4H3,(H,19,21)/b15-11-,16-6-,18-14?. The van der Waals surface area contributed by atoms with Crippen molar-refractivity contribution in [3.8, 4) is 0 Å². The zero-order chi connectivity index (χ0) is 17.9. The van der Waals surface area contributed by atoms with Crippen LogP contribution in [0.5, 0.6) is 0 Å². The summed E-state index contributed by atoms with van der Waals surface area (Å²) in [6, 6.07) is 0. The minimum absolute atomic E-state index is 0.0157. The molecule has 0 aliphatic rings. The van der Waals surface area contributed by atoms with Crippen LogP contribution in [0.25, 0.3) is 0 Å². The normalized spacial score (nSPS) is 13.3. The number of amides is 1. The van der Waals surface area contributed by atoms with Crippen LogP contribution < -0.4 is 5.32 Å². The molecule has 0 fully saturated rings. The molecule has 1 amide bonds. The second-order valence-electron chi connectivity index (χ2n) is 5.77. The second-order valence-corrected chi connectivity index (χ2v) is 5.77. The first-order chi connectivity index (χ1) is 10.8. The third-order valence-corrected chi connectivity index (χ3v) is 3.60. The summed E-state index contributed by atoms with van der Waals surface area (Å²) in [4.78, 5) is 12.0. The Labute approximate surface area is 139 Å². The predicted molar refractivity (Wildman–Crippen MR) is 93.5 cm³/mol. The van der Waals surface area contributed by atoms with Crippen molar-refractivity contribution in [3.05, 3.63) is 23.3 Å². The van der Waals surface area contributed by atoms with Crippen LogP contribution in [0.3, 0.4) is 0 Å². The Bertz CT molecular complexity index is 442. The van der Waals surface area contributed by atoms with Gasteiger partial charge >= 0.3 is 0 Å². The largest absolute Gasteiger partial charge is 0.361 e. The van der Waals surface area contributed by atoms with Gasteiger partial charge in [0.1, 0.15) is 0 Å². The van der Waals surface area contributed by atoms with Crippen molar-refractivity contribution in [1.82, 2.24) is 10.2 Å². The van der Waals surface area contributed by atoms with Crippen LogP contribution in [0.1, 0.15) is 40.0 Å². The molecule has 0 aromatic rings. The fourth-order valence-electron chi connectivity index (χ4n) is 2.21. The van der Waals surface area contributed by atoms with Gasteiger partial charge in [0, 0.05) is 24.4 Å². The van der Waals surface area contributed by atoms with Crippen molar-refractivity contribution < 1.29 is 15.0 Å². The zero-order valence-electron chi connectivity index (χ0n) is 14.7. The van der Waals surface area contributed by atoms with E-state index in [-0.39, 0.29) is 6.54 Å². The Morgan fingerprint density at radius 2 is 2.04 bits per heavy atom. The van der Waals surface area contributed by atoms with Gasteiger partial charge in [-0.2, -0.15) is 0 Å². The Morgan fingerprint density at radius 3 is 2.52 bits per heavy atom. The zero-order valence-corrected chi connectivity index (χ0v) is 14.7. The molecule has 0 unspecified atom stereocenters. The monoisotopic (exact) mass is 325 g/mol. The summed E-state index contributed by atoms with van der Waals surface area (Å²) >= 11 is 0. The minimum atomic E-state index is -2.00. The van der Waals surface area contributed by atoms with Crippen LogP contribution in [0.15, 0.2) is 23.3 Å². The quantitative estimate of drug-likeness (QED) is 0.144. The average Bonchev–Trinajstić information content (AvgIpc) is 2.46. The summed E-state index contributed by atoms with van der Waals surface area (Å²) < 4.78 is 0. The number of allylic oxidation sites excluding steroid dienone is 2. The number of hydrogen-bond donors (Lipinski definition) is 4. The van der Waals surface area contributed by atoms with Crippen molar-refractivity contribution in [2.45, 2.75) is 45.8 Å². The number of aliphatic hydroxyl groups is 2. The molecule has 0 aromatic carbocycles. The molecule has 23 heavy (non-hydrogen) atoms. The highest BCUT2D eigenvalue weighted by Gasteiger charge is 2.28. The van der Waals surface area contributed by atoms with E-state index in [9.17, 15) is 15.0 Å². The molecule has 0 aliphatic heterocycles. The van der Waals surface area contributed by atoms with E-state index in [1.165, 1.54) is 0 Å². The highest BCUT2D eigenvalue weighted by molar-refractivity contribution is 5.96. The molecule has 4 N–H and O–H groups in total. The molecule has 0 aromatic heterocycles. The smallest absolute Gasteiger partial charge is 0.207 e. The van der Waals surface area contributed by atoms with Gasteiger partial charge in [0.2, 0.25) is 12.2 Å². The van der Waals surface area contributed by atoms with Crippen molar-refractivity contribution in [2.75, 3.05) is 26.7 Å². The number of rotatable bonds is 12. The molecular formula is C17H31N3O3. The van der Waals surface area contributed by atoms with Crippen molar-refractivity contribution in [1.29, 1.82) is 5.41 Å². The summed E-state index contributed by atoms with van der Waals surface area (Å²) in [6.07, 6.45) is 6.71. The average molecular weight is 325 g/mol. The molecule has 0 bridgehead atoms.